The number of carbonyl (C=O) groups is 4. The molecule has 0 spiro atoms. The fraction of sp³-hybridized carbons (Fsp3) is 0.345. The Balaban J connectivity index is 1.38. The monoisotopic (exact) mass is 611 g/mol. The van der Waals surface area contributed by atoms with Gasteiger partial charge in [0.05, 0.1) is 42.0 Å². The van der Waals surface area contributed by atoms with Gasteiger partial charge in [-0.05, 0) is 48.9 Å². The quantitative estimate of drug-likeness (QED) is 0.309. The van der Waals surface area contributed by atoms with Crippen LogP contribution in [-0.4, -0.2) is 71.3 Å². The number of thiazole rings is 1. The van der Waals surface area contributed by atoms with Gasteiger partial charge in [0.1, 0.15) is 17.6 Å². The Labute approximate surface area is 248 Å². The molecule has 3 aliphatic heterocycles. The zero-order valence-electron chi connectivity index (χ0n) is 22.5. The Bertz CT molecular complexity index is 1610. The van der Waals surface area contributed by atoms with Crippen molar-refractivity contribution < 1.29 is 33.0 Å². The van der Waals surface area contributed by atoms with Crippen LogP contribution in [0.4, 0.5) is 10.1 Å². The largest absolute Gasteiger partial charge is 0.462 e. The molecule has 4 heterocycles. The van der Waals surface area contributed by atoms with Gasteiger partial charge in [0, 0.05) is 23.9 Å². The first kappa shape index (κ1) is 28.3. The zero-order chi connectivity index (χ0) is 29.5. The number of anilines is 1. The summed E-state index contributed by atoms with van der Waals surface area (Å²) in [5.74, 6) is -3.72. The number of ether oxygens (including phenoxy) is 2. The average molecular weight is 612 g/mol. The summed E-state index contributed by atoms with van der Waals surface area (Å²) in [6, 6.07) is 11.7. The molecule has 3 amide bonds. The fourth-order valence-electron chi connectivity index (χ4n) is 5.55. The standard InChI is InChI=1S/C29H26FN3O7S2/c1-2-40-28(37)17-5-9-19(10-6-17)33-25(35)22-21(16-3-7-18(30)8-4-16)24-27(41-23(22)26(33)36)32(29(38)42-24)15-20(34)31-11-13-39-14-12-31/h3-10,21-23H,2,11-15H2,1H3/t21-,22+,23-/m0/s1. The van der Waals surface area contributed by atoms with Crippen molar-refractivity contribution in [1.29, 1.82) is 0 Å². The summed E-state index contributed by atoms with van der Waals surface area (Å²) in [5.41, 5.74) is 1.17. The summed E-state index contributed by atoms with van der Waals surface area (Å²) in [7, 11) is 0. The minimum atomic E-state index is -0.886. The second-order valence-corrected chi connectivity index (χ2v) is 12.1. The Morgan fingerprint density at radius 3 is 2.36 bits per heavy atom. The van der Waals surface area contributed by atoms with Gasteiger partial charge in [-0.1, -0.05) is 35.2 Å². The maximum atomic E-state index is 14.0. The van der Waals surface area contributed by atoms with Crippen LogP contribution in [0.2, 0.25) is 0 Å². The van der Waals surface area contributed by atoms with Crippen molar-refractivity contribution in [3.05, 3.63) is 80.0 Å². The van der Waals surface area contributed by atoms with Crippen molar-refractivity contribution in [2.45, 2.75) is 29.7 Å². The number of hydrogen-bond acceptors (Lipinski definition) is 9. The first-order valence-electron chi connectivity index (χ1n) is 13.4. The van der Waals surface area contributed by atoms with E-state index in [-0.39, 0.29) is 29.5 Å². The summed E-state index contributed by atoms with van der Waals surface area (Å²) >= 11 is 2.04. The van der Waals surface area contributed by atoms with E-state index in [0.717, 1.165) is 28.0 Å². The summed E-state index contributed by atoms with van der Waals surface area (Å²) in [6.45, 7) is 3.39. The van der Waals surface area contributed by atoms with Gasteiger partial charge in [-0.15, -0.1) is 0 Å². The predicted molar refractivity (Wildman–Crippen MR) is 152 cm³/mol. The molecule has 1 aromatic heterocycles. The van der Waals surface area contributed by atoms with Crippen molar-refractivity contribution in [1.82, 2.24) is 9.47 Å². The Morgan fingerprint density at radius 2 is 1.69 bits per heavy atom. The number of morpholine rings is 1. The van der Waals surface area contributed by atoms with Crippen LogP contribution in [0.15, 0.2) is 58.4 Å². The lowest BCUT2D eigenvalue weighted by molar-refractivity contribution is -0.136. The topological polar surface area (TPSA) is 115 Å². The molecule has 0 aliphatic carbocycles. The lowest BCUT2D eigenvalue weighted by atomic mass is 9.83. The van der Waals surface area contributed by atoms with E-state index in [1.807, 2.05) is 0 Å². The van der Waals surface area contributed by atoms with Gasteiger partial charge >= 0.3 is 10.8 Å². The number of fused-ring (bicyclic) bond motifs is 2. The van der Waals surface area contributed by atoms with Crippen molar-refractivity contribution in [3.63, 3.8) is 0 Å². The molecular formula is C29H26FN3O7S2. The maximum absolute atomic E-state index is 14.0. The molecule has 0 bridgehead atoms. The Kier molecular flexibility index (Phi) is 7.73. The lowest BCUT2D eigenvalue weighted by Gasteiger charge is -2.31. The van der Waals surface area contributed by atoms with E-state index in [2.05, 4.69) is 0 Å². The summed E-state index contributed by atoms with van der Waals surface area (Å²) in [5, 5.41) is -0.425. The van der Waals surface area contributed by atoms with Crippen LogP contribution in [-0.2, 0) is 30.4 Å². The molecule has 2 saturated heterocycles. The van der Waals surface area contributed by atoms with Gasteiger partial charge in [-0.25, -0.2) is 14.1 Å². The highest BCUT2D eigenvalue weighted by Gasteiger charge is 2.56. The fourth-order valence-corrected chi connectivity index (χ4v) is 8.32. The van der Waals surface area contributed by atoms with Crippen molar-refractivity contribution in [2.75, 3.05) is 37.8 Å². The van der Waals surface area contributed by atoms with E-state index < -0.39 is 40.7 Å². The second-order valence-electron chi connectivity index (χ2n) is 9.99. The highest BCUT2D eigenvalue weighted by atomic mass is 32.2. The van der Waals surface area contributed by atoms with E-state index in [0.29, 0.717) is 47.5 Å². The Morgan fingerprint density at radius 1 is 1.00 bits per heavy atom. The molecule has 42 heavy (non-hydrogen) atoms. The van der Waals surface area contributed by atoms with Crippen molar-refractivity contribution in [3.8, 4) is 0 Å². The van der Waals surface area contributed by atoms with E-state index in [9.17, 15) is 28.4 Å². The van der Waals surface area contributed by atoms with Crippen LogP contribution >= 0.6 is 23.1 Å². The highest BCUT2D eigenvalue weighted by molar-refractivity contribution is 8.00. The molecule has 0 radical (unpaired) electrons. The number of esters is 1. The zero-order valence-corrected chi connectivity index (χ0v) is 24.1. The number of halogens is 1. The minimum absolute atomic E-state index is 0.202. The lowest BCUT2D eigenvalue weighted by Crippen LogP contribution is -2.43. The number of rotatable bonds is 6. The molecule has 2 fully saturated rings. The van der Waals surface area contributed by atoms with E-state index >= 15 is 0 Å². The van der Waals surface area contributed by atoms with Crippen LogP contribution < -0.4 is 9.77 Å². The third kappa shape index (κ3) is 4.95. The number of thioether (sulfide) groups is 1. The molecule has 6 rings (SSSR count). The Hall–Kier alpha value is -3.81. The third-order valence-electron chi connectivity index (χ3n) is 7.57. The second kappa shape index (κ2) is 11.5. The molecule has 0 saturated carbocycles. The molecular weight excluding hydrogens is 585 g/mol. The molecule has 0 N–H and O–H groups in total. The number of hydrogen-bond donors (Lipinski definition) is 0. The average Bonchev–Trinajstić information content (AvgIpc) is 3.44. The normalized spacial score (nSPS) is 21.7. The molecule has 3 aromatic rings. The van der Waals surface area contributed by atoms with Crippen LogP contribution in [0, 0.1) is 11.7 Å². The molecule has 13 heteroatoms. The van der Waals surface area contributed by atoms with Crippen LogP contribution in [0.25, 0.3) is 0 Å². The molecule has 3 aliphatic rings. The maximum Gasteiger partial charge on any atom is 0.338 e. The van der Waals surface area contributed by atoms with Crippen molar-refractivity contribution in [2.24, 2.45) is 5.92 Å². The van der Waals surface area contributed by atoms with Crippen molar-refractivity contribution >= 4 is 52.5 Å². The van der Waals surface area contributed by atoms with Crippen LogP contribution in [0.3, 0.4) is 0 Å². The highest BCUT2D eigenvalue weighted by Crippen LogP contribution is 2.53. The molecule has 218 valence electrons. The molecule has 3 atom stereocenters. The first-order chi connectivity index (χ1) is 20.3. The van der Waals surface area contributed by atoms with Crippen LogP contribution in [0.5, 0.6) is 0 Å². The van der Waals surface area contributed by atoms with E-state index in [1.165, 1.54) is 41.0 Å². The minimum Gasteiger partial charge on any atom is -0.462 e. The third-order valence-corrected chi connectivity index (χ3v) is 10.2. The summed E-state index contributed by atoms with van der Waals surface area (Å²) in [4.78, 5) is 69.2. The number of amides is 3. The SMILES string of the molecule is CCOC(=O)c1ccc(N2C(=O)[C@@H]3[C@H](c4ccc(F)cc4)c4sc(=O)n(CC(=O)N5CCOCC5)c4S[C@@H]3C2=O)cc1. The van der Waals surface area contributed by atoms with E-state index in [4.69, 9.17) is 9.47 Å². The number of carbonyl (C=O) groups excluding carboxylic acids is 4. The number of nitrogens with zero attached hydrogens (tertiary/aromatic N) is 3. The van der Waals surface area contributed by atoms with Gasteiger partial charge in [0.2, 0.25) is 17.7 Å². The number of imide groups is 1. The predicted octanol–water partition coefficient (Wildman–Crippen LogP) is 2.88. The summed E-state index contributed by atoms with van der Waals surface area (Å²) in [6.07, 6.45) is 0. The number of benzene rings is 2. The number of aromatic nitrogens is 1. The molecule has 0 unspecified atom stereocenters. The molecule has 2 aromatic carbocycles. The van der Waals surface area contributed by atoms with Gasteiger partial charge < -0.3 is 14.4 Å². The van der Waals surface area contributed by atoms with Gasteiger partial charge in [0.25, 0.3) is 0 Å². The molecule has 10 nitrogen and oxygen atoms in total. The smallest absolute Gasteiger partial charge is 0.338 e. The van der Waals surface area contributed by atoms with E-state index in [1.54, 1.807) is 24.0 Å². The van der Waals surface area contributed by atoms with Gasteiger partial charge in [-0.3, -0.25) is 23.7 Å². The van der Waals surface area contributed by atoms with Gasteiger partial charge in [-0.2, -0.15) is 0 Å². The van der Waals surface area contributed by atoms with Gasteiger partial charge in [0.15, 0.2) is 0 Å². The van der Waals surface area contributed by atoms with Crippen LogP contribution in [0.1, 0.15) is 33.6 Å². The summed E-state index contributed by atoms with van der Waals surface area (Å²) < 4.78 is 25.6. The first-order valence-corrected chi connectivity index (χ1v) is 15.1.